The van der Waals surface area contributed by atoms with Gasteiger partial charge in [-0.25, -0.2) is 0 Å². The van der Waals surface area contributed by atoms with Crippen molar-refractivity contribution in [3.63, 3.8) is 0 Å². The third-order valence-electron chi connectivity index (χ3n) is 1.41. The molecular weight excluding hydrogens is 134 g/mol. The lowest BCUT2D eigenvalue weighted by Gasteiger charge is -1.77. The smallest absolute Gasteiger partial charge is 0.111 e. The number of rotatable bonds is 0. The second-order valence-corrected chi connectivity index (χ2v) is 2.34. The van der Waals surface area contributed by atoms with E-state index in [1.165, 1.54) is 0 Å². The van der Waals surface area contributed by atoms with Crippen molar-refractivity contribution in [2.75, 3.05) is 7.05 Å². The summed E-state index contributed by atoms with van der Waals surface area (Å²) < 4.78 is 3.50. The van der Waals surface area contributed by atoms with E-state index in [1.807, 2.05) is 18.5 Å². The zero-order valence-electron chi connectivity index (χ0n) is 5.51. The first-order valence-electron chi connectivity index (χ1n) is 2.61. The monoisotopic (exact) mass is 143 g/mol. The first-order valence-corrected chi connectivity index (χ1v) is 3.02. The van der Waals surface area contributed by atoms with Crippen molar-refractivity contribution in [3.8, 4) is 0 Å². The van der Waals surface area contributed by atoms with Gasteiger partial charge in [-0.05, 0) is 4.68 Å². The first-order chi connectivity index (χ1) is 4.13. The van der Waals surface area contributed by atoms with E-state index in [4.69, 9.17) is 12.2 Å². The fourth-order valence-corrected chi connectivity index (χ4v) is 0.842. The van der Waals surface area contributed by atoms with Crippen LogP contribution in [0.2, 0.25) is 0 Å². The summed E-state index contributed by atoms with van der Waals surface area (Å²) in [5, 5.41) is 0.697. The van der Waals surface area contributed by atoms with Crippen molar-refractivity contribution in [2.45, 2.75) is 6.92 Å². The van der Waals surface area contributed by atoms with Gasteiger partial charge in [-0.15, -0.1) is 4.58 Å². The zero-order chi connectivity index (χ0) is 7.02. The molecule has 1 aliphatic rings. The molecule has 0 spiro atoms. The minimum Gasteiger partial charge on any atom is -0.111 e. The van der Waals surface area contributed by atoms with E-state index in [0.717, 1.165) is 5.84 Å². The highest BCUT2D eigenvalue weighted by Crippen LogP contribution is 1.87. The minimum atomic E-state index is 0.697. The van der Waals surface area contributed by atoms with Crippen molar-refractivity contribution < 1.29 is 9.26 Å². The Labute approximate surface area is 59.3 Å². The number of thiocarbonyl (C=S) groups is 1. The number of hydrogen-bond donors (Lipinski definition) is 1. The Bertz CT molecular complexity index is 194. The third-order valence-corrected chi connectivity index (χ3v) is 1.78. The van der Waals surface area contributed by atoms with Gasteiger partial charge in [-0.2, -0.15) is 0 Å². The third kappa shape index (κ3) is 0.853. The summed E-state index contributed by atoms with van der Waals surface area (Å²) in [6, 6.07) is 0. The van der Waals surface area contributed by atoms with Gasteiger partial charge in [0, 0.05) is 12.2 Å². The lowest BCUT2D eigenvalue weighted by atomic mass is 10.7. The molecule has 0 saturated carbocycles. The van der Waals surface area contributed by atoms with Crippen LogP contribution in [-0.4, -0.2) is 34.0 Å². The van der Waals surface area contributed by atoms with Crippen molar-refractivity contribution in [1.82, 2.24) is 5.43 Å². The molecule has 0 atom stereocenters. The number of nitrogens with one attached hydrogen (secondary N) is 1. The SMILES string of the molecule is C=[N+]1NC(=S)[N+](C)=C1C. The molecule has 4 heteroatoms. The fourth-order valence-electron chi connectivity index (χ4n) is 0.599. The summed E-state index contributed by atoms with van der Waals surface area (Å²) >= 11 is 4.91. The fraction of sp³-hybridized carbons (Fsp3) is 0.400. The highest BCUT2D eigenvalue weighted by atomic mass is 32.1. The molecule has 9 heavy (non-hydrogen) atoms. The van der Waals surface area contributed by atoms with Crippen LogP contribution in [0.15, 0.2) is 0 Å². The van der Waals surface area contributed by atoms with Gasteiger partial charge in [0.05, 0.1) is 6.92 Å². The van der Waals surface area contributed by atoms with Crippen LogP contribution in [0.3, 0.4) is 0 Å². The Hall–Kier alpha value is -0.770. The summed E-state index contributed by atoms with van der Waals surface area (Å²) in [7, 11) is 1.90. The molecule has 1 aliphatic heterocycles. The zero-order valence-corrected chi connectivity index (χ0v) is 6.33. The summed E-state index contributed by atoms with van der Waals surface area (Å²) in [6.45, 7) is 5.62. The normalized spacial score (nSPS) is 18.9. The topological polar surface area (TPSA) is 18.0 Å². The second kappa shape index (κ2) is 1.88. The lowest BCUT2D eigenvalue weighted by Crippen LogP contribution is -2.26. The van der Waals surface area contributed by atoms with E-state index in [2.05, 4.69) is 12.1 Å². The van der Waals surface area contributed by atoms with Crippen LogP contribution >= 0.6 is 12.2 Å². The molecular formula is C5H9N3S+2. The Morgan fingerprint density at radius 1 is 1.67 bits per heavy atom. The van der Waals surface area contributed by atoms with Crippen molar-refractivity contribution in [3.05, 3.63) is 0 Å². The van der Waals surface area contributed by atoms with Gasteiger partial charge >= 0.3 is 10.9 Å². The maximum absolute atomic E-state index is 4.91. The van der Waals surface area contributed by atoms with E-state index in [0.29, 0.717) is 5.11 Å². The van der Waals surface area contributed by atoms with Crippen LogP contribution < -0.4 is 5.43 Å². The quantitative estimate of drug-likeness (QED) is 0.366. The molecule has 0 saturated heterocycles. The lowest BCUT2D eigenvalue weighted by molar-refractivity contribution is -0.465. The number of hydrazine groups is 1. The predicted octanol–water partition coefficient (Wildman–Crippen LogP) is -0.437. The average Bonchev–Trinajstić information content (AvgIpc) is 1.98. The van der Waals surface area contributed by atoms with Gasteiger partial charge in [-0.1, -0.05) is 5.43 Å². The van der Waals surface area contributed by atoms with E-state index in [9.17, 15) is 0 Å². The highest BCUT2D eigenvalue weighted by Gasteiger charge is 2.31. The van der Waals surface area contributed by atoms with Gasteiger partial charge in [-0.3, -0.25) is 0 Å². The molecule has 0 aliphatic carbocycles. The average molecular weight is 143 g/mol. The highest BCUT2D eigenvalue weighted by molar-refractivity contribution is 7.79. The van der Waals surface area contributed by atoms with Crippen LogP contribution in [0.25, 0.3) is 0 Å². The molecule has 1 rings (SSSR count). The maximum Gasteiger partial charge on any atom is 0.445 e. The van der Waals surface area contributed by atoms with E-state index in [1.54, 1.807) is 4.68 Å². The molecule has 0 aromatic rings. The predicted molar refractivity (Wildman–Crippen MR) is 40.0 cm³/mol. The van der Waals surface area contributed by atoms with E-state index >= 15 is 0 Å². The van der Waals surface area contributed by atoms with Gasteiger partial charge in [0.15, 0.2) is 6.72 Å². The van der Waals surface area contributed by atoms with Gasteiger partial charge in [0.2, 0.25) is 0 Å². The Morgan fingerprint density at radius 2 is 2.22 bits per heavy atom. The van der Waals surface area contributed by atoms with E-state index in [-0.39, 0.29) is 0 Å². The summed E-state index contributed by atoms with van der Waals surface area (Å²) in [6.07, 6.45) is 0. The number of hydrogen-bond acceptors (Lipinski definition) is 1. The van der Waals surface area contributed by atoms with Crippen LogP contribution in [0.4, 0.5) is 0 Å². The Kier molecular flexibility index (Phi) is 1.32. The summed E-state index contributed by atoms with van der Waals surface area (Å²) in [5.74, 6) is 1.01. The Morgan fingerprint density at radius 3 is 2.33 bits per heavy atom. The van der Waals surface area contributed by atoms with Crippen molar-refractivity contribution in [2.24, 2.45) is 0 Å². The molecule has 0 bridgehead atoms. The molecule has 0 unspecified atom stereocenters. The van der Waals surface area contributed by atoms with Crippen LogP contribution in [0.1, 0.15) is 6.92 Å². The van der Waals surface area contributed by atoms with Gasteiger partial charge in [0.1, 0.15) is 7.05 Å². The molecule has 0 aromatic heterocycles. The van der Waals surface area contributed by atoms with Gasteiger partial charge < -0.3 is 0 Å². The largest absolute Gasteiger partial charge is 0.445 e. The standard InChI is InChI=1S/C5H8N3S/c1-4-7(2)5(9)6-8(4)3/h3H2,1-2H3/q+1/p+1. The van der Waals surface area contributed by atoms with Crippen molar-refractivity contribution >= 4 is 29.9 Å². The molecule has 3 nitrogen and oxygen atoms in total. The summed E-state index contributed by atoms with van der Waals surface area (Å²) in [5.41, 5.74) is 2.86. The van der Waals surface area contributed by atoms with Crippen LogP contribution in [0.5, 0.6) is 0 Å². The molecule has 0 amide bonds. The minimum absolute atomic E-state index is 0.697. The Balaban J connectivity index is 3.06. The molecule has 1 N–H and O–H groups in total. The van der Waals surface area contributed by atoms with Gasteiger partial charge in [0.25, 0.3) is 0 Å². The van der Waals surface area contributed by atoms with Crippen LogP contribution in [0, 0.1) is 0 Å². The molecule has 0 radical (unpaired) electrons. The van der Waals surface area contributed by atoms with Crippen molar-refractivity contribution in [1.29, 1.82) is 0 Å². The number of hydrazone groups is 1. The second-order valence-electron chi connectivity index (χ2n) is 1.95. The molecule has 0 aromatic carbocycles. The number of nitrogens with zero attached hydrogens (tertiary/aromatic N) is 2. The molecule has 0 fully saturated rings. The molecule has 1 heterocycles. The first kappa shape index (κ1) is 6.35. The number of amidine groups is 1. The van der Waals surface area contributed by atoms with E-state index < -0.39 is 0 Å². The molecule has 48 valence electrons. The van der Waals surface area contributed by atoms with Crippen LogP contribution in [-0.2, 0) is 0 Å². The maximum atomic E-state index is 4.91. The summed E-state index contributed by atoms with van der Waals surface area (Å²) in [4.78, 5) is 0.